The maximum atomic E-state index is 12.3. The molecule has 1 fully saturated rings. The first-order chi connectivity index (χ1) is 12.1. The van der Waals surface area contributed by atoms with Gasteiger partial charge in [-0.1, -0.05) is 29.8 Å². The number of nitrogens with zero attached hydrogens (tertiary/aromatic N) is 2. The van der Waals surface area contributed by atoms with Gasteiger partial charge in [-0.15, -0.1) is 11.3 Å². The predicted molar refractivity (Wildman–Crippen MR) is 97.5 cm³/mol. The number of aromatic nitrogens is 1. The third kappa shape index (κ3) is 4.24. The molecule has 7 heteroatoms. The summed E-state index contributed by atoms with van der Waals surface area (Å²) in [5.74, 6) is -0.443. The summed E-state index contributed by atoms with van der Waals surface area (Å²) in [5.41, 5.74) is 3.06. The normalized spacial score (nSPS) is 17.4. The van der Waals surface area contributed by atoms with Crippen LogP contribution in [0.15, 0.2) is 29.6 Å². The van der Waals surface area contributed by atoms with E-state index in [1.54, 1.807) is 0 Å². The van der Waals surface area contributed by atoms with Crippen LogP contribution in [0, 0.1) is 6.92 Å². The summed E-state index contributed by atoms with van der Waals surface area (Å²) in [5, 5.41) is 5.31. The van der Waals surface area contributed by atoms with Crippen LogP contribution in [-0.2, 0) is 14.3 Å². The second-order valence-electron chi connectivity index (χ2n) is 6.10. The number of carbonyl (C=O) groups is 2. The van der Waals surface area contributed by atoms with E-state index in [0.717, 1.165) is 30.6 Å². The molecule has 1 aromatic heterocycles. The first kappa shape index (κ1) is 17.6. The largest absolute Gasteiger partial charge is 0.468 e. The van der Waals surface area contributed by atoms with Gasteiger partial charge in [0.2, 0.25) is 5.91 Å². The van der Waals surface area contributed by atoms with Gasteiger partial charge in [0.15, 0.2) is 5.13 Å². The Hall–Kier alpha value is -2.25. The monoisotopic (exact) mass is 359 g/mol. The Morgan fingerprint density at radius 3 is 2.84 bits per heavy atom. The topological polar surface area (TPSA) is 71.5 Å². The highest BCUT2D eigenvalue weighted by Gasteiger charge is 2.32. The minimum Gasteiger partial charge on any atom is -0.468 e. The highest BCUT2D eigenvalue weighted by molar-refractivity contribution is 7.14. The van der Waals surface area contributed by atoms with Gasteiger partial charge in [0.05, 0.1) is 19.3 Å². The molecule has 1 amide bonds. The van der Waals surface area contributed by atoms with Gasteiger partial charge in [0.25, 0.3) is 0 Å². The Labute approximate surface area is 150 Å². The fraction of sp³-hybridized carbons (Fsp3) is 0.389. The van der Waals surface area contributed by atoms with E-state index in [1.807, 2.05) is 41.5 Å². The lowest BCUT2D eigenvalue weighted by Gasteiger charge is -2.21. The van der Waals surface area contributed by atoms with Gasteiger partial charge in [0, 0.05) is 10.9 Å². The van der Waals surface area contributed by atoms with Crippen LogP contribution in [0.1, 0.15) is 18.4 Å². The van der Waals surface area contributed by atoms with Crippen molar-refractivity contribution in [3.8, 4) is 11.3 Å². The molecule has 1 aliphatic rings. The minimum absolute atomic E-state index is 0.166. The summed E-state index contributed by atoms with van der Waals surface area (Å²) in [6, 6.07) is 7.78. The zero-order valence-corrected chi connectivity index (χ0v) is 15.1. The third-order valence-electron chi connectivity index (χ3n) is 4.28. The van der Waals surface area contributed by atoms with Gasteiger partial charge in [0.1, 0.15) is 6.04 Å². The van der Waals surface area contributed by atoms with E-state index >= 15 is 0 Å². The van der Waals surface area contributed by atoms with Crippen LogP contribution < -0.4 is 5.32 Å². The van der Waals surface area contributed by atoms with E-state index in [2.05, 4.69) is 10.3 Å². The number of hydrogen-bond donors (Lipinski definition) is 1. The summed E-state index contributed by atoms with van der Waals surface area (Å²) in [7, 11) is 1.38. The number of benzene rings is 1. The van der Waals surface area contributed by atoms with Crippen molar-refractivity contribution < 1.29 is 14.3 Å². The van der Waals surface area contributed by atoms with Crippen molar-refractivity contribution in [3.63, 3.8) is 0 Å². The van der Waals surface area contributed by atoms with Crippen molar-refractivity contribution in [1.29, 1.82) is 0 Å². The molecule has 1 saturated heterocycles. The number of thiazole rings is 1. The molecule has 25 heavy (non-hydrogen) atoms. The maximum absolute atomic E-state index is 12.3. The van der Waals surface area contributed by atoms with Gasteiger partial charge in [-0.05, 0) is 26.3 Å². The average Bonchev–Trinajstić information content (AvgIpc) is 3.24. The molecular formula is C18H21N3O3S. The molecule has 1 atom stereocenters. The van der Waals surface area contributed by atoms with Crippen LogP contribution in [0.2, 0.25) is 0 Å². The molecule has 1 aromatic carbocycles. The van der Waals surface area contributed by atoms with Crippen LogP contribution in [0.4, 0.5) is 5.13 Å². The highest BCUT2D eigenvalue weighted by Crippen LogP contribution is 2.25. The van der Waals surface area contributed by atoms with Crippen molar-refractivity contribution >= 4 is 28.3 Å². The molecule has 0 bridgehead atoms. The van der Waals surface area contributed by atoms with Gasteiger partial charge in [-0.3, -0.25) is 14.5 Å². The first-order valence-electron chi connectivity index (χ1n) is 8.21. The number of carbonyl (C=O) groups excluding carboxylic acids is 2. The Kier molecular flexibility index (Phi) is 5.45. The van der Waals surface area contributed by atoms with Gasteiger partial charge in [-0.25, -0.2) is 4.98 Å². The minimum atomic E-state index is -0.324. The van der Waals surface area contributed by atoms with Crippen molar-refractivity contribution in [2.45, 2.75) is 25.8 Å². The Balaban J connectivity index is 1.60. The van der Waals surface area contributed by atoms with Crippen molar-refractivity contribution in [3.05, 3.63) is 35.2 Å². The lowest BCUT2D eigenvalue weighted by molar-refractivity contribution is -0.146. The molecule has 0 aliphatic carbocycles. The van der Waals surface area contributed by atoms with Crippen LogP contribution in [0.3, 0.4) is 0 Å². The predicted octanol–water partition coefficient (Wildman–Crippen LogP) is 2.69. The molecule has 2 aromatic rings. The van der Waals surface area contributed by atoms with Crippen molar-refractivity contribution in [2.24, 2.45) is 0 Å². The number of amides is 1. The molecule has 1 N–H and O–H groups in total. The molecule has 1 unspecified atom stereocenters. The number of hydrogen-bond acceptors (Lipinski definition) is 6. The molecule has 6 nitrogen and oxygen atoms in total. The first-order valence-corrected chi connectivity index (χ1v) is 9.09. The van der Waals surface area contributed by atoms with Crippen molar-refractivity contribution in [1.82, 2.24) is 9.88 Å². The molecule has 3 rings (SSSR count). The number of methoxy groups -OCH3 is 1. The Morgan fingerprint density at radius 2 is 2.12 bits per heavy atom. The summed E-state index contributed by atoms with van der Waals surface area (Å²) < 4.78 is 4.80. The van der Waals surface area contributed by atoms with E-state index in [0.29, 0.717) is 5.13 Å². The molecule has 0 spiro atoms. The van der Waals surface area contributed by atoms with Crippen molar-refractivity contribution in [2.75, 3.05) is 25.5 Å². The zero-order chi connectivity index (χ0) is 17.8. The highest BCUT2D eigenvalue weighted by atomic mass is 32.1. The van der Waals surface area contributed by atoms with Gasteiger partial charge >= 0.3 is 5.97 Å². The third-order valence-corrected chi connectivity index (χ3v) is 5.04. The molecule has 0 saturated carbocycles. The number of likely N-dealkylation sites (tertiary alicyclic amines) is 1. The second kappa shape index (κ2) is 7.76. The molecule has 0 radical (unpaired) electrons. The second-order valence-corrected chi connectivity index (χ2v) is 6.96. The number of esters is 1. The lowest BCUT2D eigenvalue weighted by Crippen LogP contribution is -2.41. The fourth-order valence-corrected chi connectivity index (χ4v) is 3.69. The van der Waals surface area contributed by atoms with E-state index < -0.39 is 0 Å². The smallest absolute Gasteiger partial charge is 0.323 e. The van der Waals surface area contributed by atoms with E-state index in [-0.39, 0.29) is 24.5 Å². The van der Waals surface area contributed by atoms with E-state index in [4.69, 9.17) is 4.74 Å². The quantitative estimate of drug-likeness (QED) is 0.831. The van der Waals surface area contributed by atoms with Crippen LogP contribution in [0.5, 0.6) is 0 Å². The summed E-state index contributed by atoms with van der Waals surface area (Å²) in [6.45, 7) is 2.93. The van der Waals surface area contributed by atoms with Crippen LogP contribution in [-0.4, -0.2) is 48.0 Å². The van der Waals surface area contributed by atoms with E-state index in [1.165, 1.54) is 24.0 Å². The number of anilines is 1. The lowest BCUT2D eigenvalue weighted by atomic mass is 10.1. The van der Waals surface area contributed by atoms with Gasteiger partial charge in [-0.2, -0.15) is 0 Å². The summed E-state index contributed by atoms with van der Waals surface area (Å²) in [4.78, 5) is 30.3. The summed E-state index contributed by atoms with van der Waals surface area (Å²) in [6.07, 6.45) is 1.62. The Bertz CT molecular complexity index is 757. The molecule has 132 valence electrons. The number of aryl methyl sites for hydroxylation is 1. The van der Waals surface area contributed by atoms with Gasteiger partial charge < -0.3 is 10.1 Å². The average molecular weight is 359 g/mol. The SMILES string of the molecule is COC(=O)C1CCCN1CC(=O)Nc1nc(-c2ccc(C)cc2)cs1. The number of nitrogens with one attached hydrogen (secondary N) is 1. The number of rotatable bonds is 5. The zero-order valence-electron chi connectivity index (χ0n) is 14.3. The van der Waals surface area contributed by atoms with Crippen LogP contribution >= 0.6 is 11.3 Å². The van der Waals surface area contributed by atoms with Crippen LogP contribution in [0.25, 0.3) is 11.3 Å². The standard InChI is InChI=1S/C18H21N3O3S/c1-12-5-7-13(8-6-12)14-11-25-18(19-14)20-16(22)10-21-9-3-4-15(21)17(23)24-2/h5-8,11,15H,3-4,9-10H2,1-2H3,(H,19,20,22). The Morgan fingerprint density at radius 1 is 1.36 bits per heavy atom. The fourth-order valence-electron chi connectivity index (χ4n) is 2.95. The molecule has 1 aliphatic heterocycles. The summed E-state index contributed by atoms with van der Waals surface area (Å²) >= 11 is 1.39. The number of ether oxygens (including phenoxy) is 1. The maximum Gasteiger partial charge on any atom is 0.323 e. The van der Waals surface area contributed by atoms with E-state index in [9.17, 15) is 9.59 Å². The molecule has 2 heterocycles. The molecular weight excluding hydrogens is 338 g/mol.